The van der Waals surface area contributed by atoms with Gasteiger partial charge in [0.2, 0.25) is 0 Å². The van der Waals surface area contributed by atoms with Crippen LogP contribution < -0.4 is 25.6 Å². The molecule has 5 aromatic rings. The second-order valence-corrected chi connectivity index (χ2v) is 12.1. The van der Waals surface area contributed by atoms with Crippen LogP contribution in [0.15, 0.2) is 125 Å². The number of carbonyl (C=O) groups excluding carboxylic acids is 1. The highest BCUT2D eigenvalue weighted by molar-refractivity contribution is 7.23. The first-order valence-electron chi connectivity index (χ1n) is 15.9. The summed E-state index contributed by atoms with van der Waals surface area (Å²) < 4.78 is 31.7. The molecular formula is C38H36N2O9P-. The molecule has 4 atom stereocenters. The van der Waals surface area contributed by atoms with Crippen LogP contribution in [0.1, 0.15) is 45.3 Å². The molecule has 6 rings (SSSR count). The van der Waals surface area contributed by atoms with E-state index >= 15 is 0 Å². The largest absolute Gasteiger partial charge is 0.810 e. The molecule has 258 valence electrons. The van der Waals surface area contributed by atoms with Crippen LogP contribution >= 0.6 is 9.03 Å². The molecule has 1 fully saturated rings. The topological polar surface area (TPSA) is 130 Å². The Balaban J connectivity index is 1.39. The third-order valence-corrected chi connectivity index (χ3v) is 9.24. The molecule has 0 saturated carbocycles. The molecule has 0 bridgehead atoms. The quantitative estimate of drug-likeness (QED) is 0.136. The molecule has 12 heteroatoms. The molecule has 1 aromatic heterocycles. The Kier molecular flexibility index (Phi) is 10.7. The van der Waals surface area contributed by atoms with Gasteiger partial charge in [0, 0.05) is 23.7 Å². The fraction of sp³-hybridized carbons (Fsp3) is 0.237. The van der Waals surface area contributed by atoms with E-state index in [1.54, 1.807) is 32.4 Å². The summed E-state index contributed by atoms with van der Waals surface area (Å²) in [6.07, 6.45) is -1.05. The van der Waals surface area contributed by atoms with Gasteiger partial charge >= 0.3 is 5.69 Å². The number of nitrogens with zero attached hydrogens (tertiary/aromatic N) is 2. The Bertz CT molecular complexity index is 1980. The fourth-order valence-electron chi connectivity index (χ4n) is 6.28. The zero-order valence-corrected chi connectivity index (χ0v) is 28.7. The van der Waals surface area contributed by atoms with E-state index in [0.717, 1.165) is 16.7 Å². The van der Waals surface area contributed by atoms with Crippen molar-refractivity contribution in [2.75, 3.05) is 20.8 Å². The summed E-state index contributed by atoms with van der Waals surface area (Å²) in [6, 6.07) is 32.9. The van der Waals surface area contributed by atoms with Crippen LogP contribution in [-0.2, 0) is 19.6 Å². The van der Waals surface area contributed by atoms with E-state index < -0.39 is 50.2 Å². The predicted octanol–water partition coefficient (Wildman–Crippen LogP) is 4.57. The highest BCUT2D eigenvalue weighted by Gasteiger charge is 2.43. The summed E-state index contributed by atoms with van der Waals surface area (Å²) in [4.78, 5) is 52.1. The number of methoxy groups -OCH3 is 2. The monoisotopic (exact) mass is 695 g/mol. The number of rotatable bonds is 12. The number of carbonyl (C=O) groups is 1. The van der Waals surface area contributed by atoms with Crippen LogP contribution in [0.4, 0.5) is 0 Å². The van der Waals surface area contributed by atoms with E-state index in [1.165, 1.54) is 29.8 Å². The summed E-state index contributed by atoms with van der Waals surface area (Å²) in [6.45, 7) is 1.46. The number of benzene rings is 4. The SMILES string of the molecule is COc1ccc(C(OC[C@H]2O[C@@H](n3cc(C)c(=O)n(C(=O)c4ccccc4)c3=O)C[C@@H]2OP[O-])(c2ccccc2)c2ccc(OC)cc2)cc1. The van der Waals surface area contributed by atoms with Gasteiger partial charge in [-0.15, -0.1) is 0 Å². The highest BCUT2D eigenvalue weighted by Crippen LogP contribution is 2.43. The van der Waals surface area contributed by atoms with Crippen molar-refractivity contribution in [3.8, 4) is 11.5 Å². The lowest BCUT2D eigenvalue weighted by Crippen LogP contribution is -2.45. The molecule has 1 aliphatic rings. The van der Waals surface area contributed by atoms with Gasteiger partial charge in [-0.2, -0.15) is 4.57 Å². The minimum absolute atomic E-state index is 0.0606. The third kappa shape index (κ3) is 6.79. The summed E-state index contributed by atoms with van der Waals surface area (Å²) in [5.41, 5.74) is 0.0163. The van der Waals surface area contributed by atoms with Gasteiger partial charge in [-0.05, 0) is 60.0 Å². The summed E-state index contributed by atoms with van der Waals surface area (Å²) >= 11 is 0. The first-order chi connectivity index (χ1) is 24.3. The molecule has 4 aromatic carbocycles. The summed E-state index contributed by atoms with van der Waals surface area (Å²) in [5, 5.41) is 0. The Labute approximate surface area is 290 Å². The molecule has 50 heavy (non-hydrogen) atoms. The maximum absolute atomic E-state index is 13.8. The fourth-order valence-corrected chi connectivity index (χ4v) is 6.65. The van der Waals surface area contributed by atoms with Crippen LogP contribution in [0.2, 0.25) is 0 Å². The summed E-state index contributed by atoms with van der Waals surface area (Å²) in [5.74, 6) is 0.589. The minimum Gasteiger partial charge on any atom is -0.810 e. The Morgan fingerprint density at radius 1 is 0.840 bits per heavy atom. The molecule has 1 unspecified atom stereocenters. The number of hydrogen-bond acceptors (Lipinski definition) is 9. The van der Waals surface area contributed by atoms with E-state index in [-0.39, 0.29) is 24.2 Å². The summed E-state index contributed by atoms with van der Waals surface area (Å²) in [7, 11) is 2.08. The molecule has 0 N–H and O–H groups in total. The number of aryl methyl sites for hydroxylation is 1. The Morgan fingerprint density at radius 3 is 1.92 bits per heavy atom. The molecule has 1 saturated heterocycles. The molecular weight excluding hydrogens is 659 g/mol. The maximum atomic E-state index is 13.8. The number of ether oxygens (including phenoxy) is 4. The lowest BCUT2D eigenvalue weighted by Gasteiger charge is -2.37. The molecule has 0 amide bonds. The van der Waals surface area contributed by atoms with Crippen molar-refractivity contribution < 1.29 is 33.2 Å². The van der Waals surface area contributed by atoms with Crippen LogP contribution in [0.5, 0.6) is 11.5 Å². The van der Waals surface area contributed by atoms with E-state index in [2.05, 4.69) is 0 Å². The first kappa shape index (κ1) is 34.9. The van der Waals surface area contributed by atoms with Crippen LogP contribution in [0, 0.1) is 6.92 Å². The lowest BCUT2D eigenvalue weighted by molar-refractivity contribution is -0.176. The van der Waals surface area contributed by atoms with Crippen molar-refractivity contribution in [2.45, 2.75) is 37.4 Å². The van der Waals surface area contributed by atoms with Crippen LogP contribution in [-0.4, -0.2) is 48.1 Å². The Morgan fingerprint density at radius 2 is 1.38 bits per heavy atom. The lowest BCUT2D eigenvalue weighted by atomic mass is 9.80. The van der Waals surface area contributed by atoms with Crippen molar-refractivity contribution in [1.29, 1.82) is 0 Å². The van der Waals surface area contributed by atoms with Gasteiger partial charge in [-0.25, -0.2) is 4.79 Å². The molecule has 0 aliphatic carbocycles. The van der Waals surface area contributed by atoms with Crippen LogP contribution in [0.25, 0.3) is 0 Å². The van der Waals surface area contributed by atoms with E-state index in [0.29, 0.717) is 16.1 Å². The van der Waals surface area contributed by atoms with Crippen molar-refractivity contribution in [1.82, 2.24) is 9.13 Å². The normalized spacial score (nSPS) is 17.6. The molecule has 2 heterocycles. The van der Waals surface area contributed by atoms with E-state index in [4.69, 9.17) is 23.5 Å². The highest BCUT2D eigenvalue weighted by atomic mass is 31.1. The molecule has 0 radical (unpaired) electrons. The van der Waals surface area contributed by atoms with Gasteiger partial charge in [0.25, 0.3) is 11.5 Å². The van der Waals surface area contributed by atoms with Crippen molar-refractivity contribution in [2.24, 2.45) is 0 Å². The second kappa shape index (κ2) is 15.3. The molecule has 1 aliphatic heterocycles. The first-order valence-corrected chi connectivity index (χ1v) is 16.7. The maximum Gasteiger partial charge on any atom is 0.340 e. The van der Waals surface area contributed by atoms with Gasteiger partial charge in [-0.3, -0.25) is 14.2 Å². The average molecular weight is 696 g/mol. The number of aromatic nitrogens is 2. The van der Waals surface area contributed by atoms with Crippen molar-refractivity contribution >= 4 is 14.9 Å². The third-order valence-electron chi connectivity index (χ3n) is 8.84. The predicted molar refractivity (Wildman–Crippen MR) is 186 cm³/mol. The minimum atomic E-state index is -1.17. The number of hydrogen-bond donors (Lipinski definition) is 0. The molecule has 0 spiro atoms. The van der Waals surface area contributed by atoms with E-state index in [1.807, 2.05) is 78.9 Å². The standard InChI is InChI=1S/C38H36N2O9P/c1-25-23-39(37(43)40(35(25)41)36(42)26-10-6-4-7-11-26)34-22-32(49-50-44)33(48-34)24-47-38(27-12-8-5-9-13-27,28-14-18-30(45-2)19-15-28)29-16-20-31(46-3)21-17-29/h4-21,23,32-34,50H,22,24H2,1-3H3/q-1/t32-,33+,34+/m0/s1. The zero-order chi connectivity index (χ0) is 35.3. The zero-order valence-electron chi connectivity index (χ0n) is 27.7. The van der Waals surface area contributed by atoms with Gasteiger partial charge < -0.3 is 28.4 Å². The van der Waals surface area contributed by atoms with Gasteiger partial charge in [0.15, 0.2) is 0 Å². The average Bonchev–Trinajstić information content (AvgIpc) is 3.56. The Hall–Kier alpha value is -4.90. The van der Waals surface area contributed by atoms with Crippen molar-refractivity contribution in [3.63, 3.8) is 0 Å². The molecule has 11 nitrogen and oxygen atoms in total. The smallest absolute Gasteiger partial charge is 0.340 e. The van der Waals surface area contributed by atoms with Gasteiger partial charge in [0.05, 0.1) is 26.9 Å². The van der Waals surface area contributed by atoms with Crippen LogP contribution in [0.3, 0.4) is 0 Å². The van der Waals surface area contributed by atoms with E-state index in [9.17, 15) is 19.3 Å². The van der Waals surface area contributed by atoms with Gasteiger partial charge in [0.1, 0.15) is 29.4 Å². The van der Waals surface area contributed by atoms with Gasteiger partial charge in [-0.1, -0.05) is 81.8 Å². The second-order valence-electron chi connectivity index (χ2n) is 11.7. The van der Waals surface area contributed by atoms with Crippen molar-refractivity contribution in [3.05, 3.63) is 164 Å².